The molecule has 7 nitrogen and oxygen atoms in total. The molecule has 0 aromatic carbocycles. The Morgan fingerprint density at radius 2 is 1.95 bits per heavy atom. The van der Waals surface area contributed by atoms with Crippen LogP contribution in [0, 0.1) is 0 Å². The standard InChI is InChI=1S/C13H23N5O2/c1-3-14-11-15-12(18-7-4-5-8-18)17-13(16-11)20-10-6-9-19-2/h3-10H2,1-2H3,(H,14,15,16,17). The lowest BCUT2D eigenvalue weighted by molar-refractivity contribution is 0.168. The van der Waals surface area contributed by atoms with Crippen LogP contribution in [-0.2, 0) is 4.74 Å². The first kappa shape index (κ1) is 14.8. The van der Waals surface area contributed by atoms with E-state index in [1.54, 1.807) is 7.11 Å². The molecule has 1 fully saturated rings. The van der Waals surface area contributed by atoms with E-state index in [-0.39, 0.29) is 0 Å². The molecule has 0 bridgehead atoms. The minimum Gasteiger partial charge on any atom is -0.463 e. The van der Waals surface area contributed by atoms with E-state index in [2.05, 4.69) is 25.2 Å². The summed E-state index contributed by atoms with van der Waals surface area (Å²) in [7, 11) is 1.68. The van der Waals surface area contributed by atoms with Gasteiger partial charge in [-0.2, -0.15) is 15.0 Å². The molecule has 2 heterocycles. The summed E-state index contributed by atoms with van der Waals surface area (Å²) in [4.78, 5) is 15.3. The second-order valence-corrected chi connectivity index (χ2v) is 4.66. The first-order chi connectivity index (χ1) is 9.83. The van der Waals surface area contributed by atoms with Crippen molar-refractivity contribution in [2.75, 3.05) is 50.2 Å². The van der Waals surface area contributed by atoms with Crippen LogP contribution >= 0.6 is 0 Å². The molecule has 112 valence electrons. The molecular weight excluding hydrogens is 258 g/mol. The molecule has 0 aliphatic carbocycles. The van der Waals surface area contributed by atoms with E-state index in [1.807, 2.05) is 6.92 Å². The van der Waals surface area contributed by atoms with Gasteiger partial charge in [0.1, 0.15) is 0 Å². The summed E-state index contributed by atoms with van der Waals surface area (Å²) in [6, 6.07) is 0.383. The minimum atomic E-state index is 0.383. The predicted octanol–water partition coefficient (Wildman–Crippen LogP) is 1.32. The van der Waals surface area contributed by atoms with Gasteiger partial charge >= 0.3 is 6.01 Å². The summed E-state index contributed by atoms with van der Waals surface area (Å²) in [6.45, 7) is 6.00. The highest BCUT2D eigenvalue weighted by atomic mass is 16.5. The highest BCUT2D eigenvalue weighted by Gasteiger charge is 2.17. The lowest BCUT2D eigenvalue weighted by Crippen LogP contribution is -2.22. The third-order valence-corrected chi connectivity index (χ3v) is 3.05. The average molecular weight is 281 g/mol. The van der Waals surface area contributed by atoms with E-state index in [0.29, 0.717) is 31.1 Å². The number of rotatable bonds is 8. The van der Waals surface area contributed by atoms with Gasteiger partial charge in [-0.1, -0.05) is 0 Å². The van der Waals surface area contributed by atoms with E-state index >= 15 is 0 Å². The van der Waals surface area contributed by atoms with E-state index < -0.39 is 0 Å². The van der Waals surface area contributed by atoms with Crippen molar-refractivity contribution in [1.82, 2.24) is 15.0 Å². The summed E-state index contributed by atoms with van der Waals surface area (Å²) in [5.74, 6) is 1.28. The van der Waals surface area contributed by atoms with E-state index in [4.69, 9.17) is 9.47 Å². The van der Waals surface area contributed by atoms with Crippen molar-refractivity contribution in [2.24, 2.45) is 0 Å². The zero-order valence-corrected chi connectivity index (χ0v) is 12.3. The van der Waals surface area contributed by atoms with Crippen LogP contribution in [0.2, 0.25) is 0 Å². The summed E-state index contributed by atoms with van der Waals surface area (Å²) in [5.41, 5.74) is 0. The molecule has 1 saturated heterocycles. The van der Waals surface area contributed by atoms with E-state index in [0.717, 1.165) is 26.1 Å². The molecule has 7 heteroatoms. The molecule has 1 aromatic heterocycles. The van der Waals surface area contributed by atoms with Crippen molar-refractivity contribution in [3.8, 4) is 6.01 Å². The van der Waals surface area contributed by atoms with Gasteiger partial charge < -0.3 is 19.7 Å². The Hall–Kier alpha value is -1.63. The van der Waals surface area contributed by atoms with Gasteiger partial charge in [-0.15, -0.1) is 0 Å². The Labute approximate surface area is 119 Å². The van der Waals surface area contributed by atoms with Gasteiger partial charge in [0.25, 0.3) is 0 Å². The minimum absolute atomic E-state index is 0.383. The van der Waals surface area contributed by atoms with Crippen LogP contribution in [0.15, 0.2) is 0 Å². The molecule has 1 aliphatic heterocycles. The number of aromatic nitrogens is 3. The van der Waals surface area contributed by atoms with Gasteiger partial charge in [0.05, 0.1) is 6.61 Å². The van der Waals surface area contributed by atoms with Crippen molar-refractivity contribution < 1.29 is 9.47 Å². The Kier molecular flexibility index (Phi) is 5.79. The summed E-state index contributed by atoms with van der Waals surface area (Å²) >= 11 is 0. The third kappa shape index (κ3) is 4.19. The van der Waals surface area contributed by atoms with Crippen molar-refractivity contribution in [2.45, 2.75) is 26.2 Å². The van der Waals surface area contributed by atoms with Gasteiger partial charge in [0.2, 0.25) is 11.9 Å². The van der Waals surface area contributed by atoms with Crippen LogP contribution in [0.3, 0.4) is 0 Å². The zero-order valence-electron chi connectivity index (χ0n) is 12.3. The highest BCUT2D eigenvalue weighted by Crippen LogP contribution is 2.19. The lowest BCUT2D eigenvalue weighted by Gasteiger charge is -2.16. The topological polar surface area (TPSA) is 72.4 Å². The van der Waals surface area contributed by atoms with Crippen LogP contribution in [0.5, 0.6) is 6.01 Å². The van der Waals surface area contributed by atoms with Crippen LogP contribution in [-0.4, -0.2) is 54.9 Å². The van der Waals surface area contributed by atoms with Crippen LogP contribution in [0.4, 0.5) is 11.9 Å². The van der Waals surface area contributed by atoms with Crippen molar-refractivity contribution >= 4 is 11.9 Å². The molecule has 1 aromatic rings. The molecule has 0 atom stereocenters. The maximum absolute atomic E-state index is 5.59. The first-order valence-corrected chi connectivity index (χ1v) is 7.20. The van der Waals surface area contributed by atoms with Gasteiger partial charge in [-0.3, -0.25) is 0 Å². The summed E-state index contributed by atoms with van der Waals surface area (Å²) in [5, 5.41) is 3.12. The average Bonchev–Trinajstić information content (AvgIpc) is 2.98. The molecule has 0 spiro atoms. The molecule has 1 aliphatic rings. The number of nitrogens with one attached hydrogen (secondary N) is 1. The van der Waals surface area contributed by atoms with Gasteiger partial charge in [0.15, 0.2) is 0 Å². The first-order valence-electron chi connectivity index (χ1n) is 7.20. The number of ether oxygens (including phenoxy) is 2. The highest BCUT2D eigenvalue weighted by molar-refractivity contribution is 5.39. The molecule has 2 rings (SSSR count). The van der Waals surface area contributed by atoms with Gasteiger partial charge in [-0.25, -0.2) is 0 Å². The smallest absolute Gasteiger partial charge is 0.323 e. The monoisotopic (exact) mass is 281 g/mol. The maximum Gasteiger partial charge on any atom is 0.323 e. The zero-order chi connectivity index (χ0) is 14.2. The molecule has 1 N–H and O–H groups in total. The Morgan fingerprint density at radius 1 is 1.15 bits per heavy atom. The fourth-order valence-corrected chi connectivity index (χ4v) is 2.07. The SMILES string of the molecule is CCNc1nc(OCCCOC)nc(N2CCCC2)n1. The molecular formula is C13H23N5O2. The summed E-state index contributed by atoms with van der Waals surface area (Å²) in [6.07, 6.45) is 3.19. The van der Waals surface area contributed by atoms with Gasteiger partial charge in [-0.05, 0) is 19.8 Å². The van der Waals surface area contributed by atoms with Crippen LogP contribution in [0.25, 0.3) is 0 Å². The van der Waals surface area contributed by atoms with Crippen molar-refractivity contribution in [1.29, 1.82) is 0 Å². The van der Waals surface area contributed by atoms with E-state index in [9.17, 15) is 0 Å². The van der Waals surface area contributed by atoms with Crippen molar-refractivity contribution in [3.63, 3.8) is 0 Å². The number of anilines is 2. The second kappa shape index (κ2) is 7.84. The Morgan fingerprint density at radius 3 is 2.65 bits per heavy atom. The van der Waals surface area contributed by atoms with Crippen LogP contribution in [0.1, 0.15) is 26.2 Å². The quantitative estimate of drug-likeness (QED) is 0.720. The number of hydrogen-bond donors (Lipinski definition) is 1. The molecule has 0 amide bonds. The molecule has 0 saturated carbocycles. The largest absolute Gasteiger partial charge is 0.463 e. The summed E-state index contributed by atoms with van der Waals surface area (Å²) < 4.78 is 10.6. The maximum atomic E-state index is 5.59. The molecule has 0 unspecified atom stereocenters. The fourth-order valence-electron chi connectivity index (χ4n) is 2.07. The van der Waals surface area contributed by atoms with E-state index in [1.165, 1.54) is 12.8 Å². The number of nitrogens with zero attached hydrogens (tertiary/aromatic N) is 4. The number of hydrogen-bond acceptors (Lipinski definition) is 7. The Bertz CT molecular complexity index is 410. The number of methoxy groups -OCH3 is 1. The van der Waals surface area contributed by atoms with Gasteiger partial charge in [0, 0.05) is 39.8 Å². The van der Waals surface area contributed by atoms with Crippen molar-refractivity contribution in [3.05, 3.63) is 0 Å². The molecule has 20 heavy (non-hydrogen) atoms. The lowest BCUT2D eigenvalue weighted by atomic mass is 10.4. The third-order valence-electron chi connectivity index (χ3n) is 3.05. The Balaban J connectivity index is 2.04. The second-order valence-electron chi connectivity index (χ2n) is 4.66. The predicted molar refractivity (Wildman–Crippen MR) is 77.4 cm³/mol. The molecule has 0 radical (unpaired) electrons. The van der Waals surface area contributed by atoms with Crippen LogP contribution < -0.4 is 15.0 Å². The fraction of sp³-hybridized carbons (Fsp3) is 0.769. The normalized spacial score (nSPS) is 14.6.